The zero-order chi connectivity index (χ0) is 63.9. The number of amides is 4. The fourth-order valence-corrected chi connectivity index (χ4v) is 10.4. The summed E-state index contributed by atoms with van der Waals surface area (Å²) in [5, 5.41) is 13.9. The zero-order valence-corrected chi connectivity index (χ0v) is 52.9. The molecule has 6 aromatic rings. The maximum Gasteiger partial charge on any atom is 0.277 e. The van der Waals surface area contributed by atoms with E-state index in [0.29, 0.717) is 126 Å². The normalized spacial score (nSPS) is 13.6. The first-order valence-electron chi connectivity index (χ1n) is 28.8. The number of carbonyl (C=O) groups excluding carboxylic acids is 4. The van der Waals surface area contributed by atoms with Crippen molar-refractivity contribution in [2.75, 3.05) is 155 Å². The molecule has 1 fully saturated rings. The van der Waals surface area contributed by atoms with E-state index in [2.05, 4.69) is 56.5 Å². The van der Waals surface area contributed by atoms with Gasteiger partial charge in [0, 0.05) is 70.5 Å². The van der Waals surface area contributed by atoms with Crippen molar-refractivity contribution >= 4 is 95.3 Å². The van der Waals surface area contributed by atoms with E-state index in [1.807, 2.05) is 37.9 Å². The minimum Gasteiger partial charge on any atom is -0.383 e. The lowest BCUT2D eigenvalue weighted by Gasteiger charge is -2.32. The third-order valence-electron chi connectivity index (χ3n) is 14.1. The molecule has 480 valence electrons. The number of likely N-dealkylation sites (N-methyl/N-ethyl adjacent to an activating group) is 2. The summed E-state index contributed by atoms with van der Waals surface area (Å²) in [5.74, 6) is -1.87. The van der Waals surface area contributed by atoms with Gasteiger partial charge in [-0.1, -0.05) is 18.2 Å². The van der Waals surface area contributed by atoms with Crippen LogP contribution in [0.15, 0.2) is 88.6 Å². The average Bonchev–Trinajstić information content (AvgIpc) is 1.72. The highest BCUT2D eigenvalue weighted by Gasteiger charge is 2.30. The highest BCUT2D eigenvalue weighted by Crippen LogP contribution is 2.32. The quantitative estimate of drug-likeness (QED) is 0.0225. The largest absolute Gasteiger partial charge is 0.383 e. The van der Waals surface area contributed by atoms with E-state index in [-0.39, 0.29) is 83.5 Å². The number of carbonyl (C=O) groups is 4. The lowest BCUT2D eigenvalue weighted by molar-refractivity contribution is -0.128. The van der Waals surface area contributed by atoms with Crippen LogP contribution in [0.2, 0.25) is 0 Å². The third kappa shape index (κ3) is 20.4. The molecule has 0 aliphatic carbocycles. The van der Waals surface area contributed by atoms with Gasteiger partial charge in [-0.2, -0.15) is 10.1 Å². The van der Waals surface area contributed by atoms with Crippen molar-refractivity contribution in [1.82, 2.24) is 49.1 Å². The number of hydrogen-bond donors (Lipinski definition) is 6. The Morgan fingerprint density at radius 1 is 0.809 bits per heavy atom. The second-order valence-corrected chi connectivity index (χ2v) is 23.3. The zero-order valence-electron chi connectivity index (χ0n) is 50.5. The summed E-state index contributed by atoms with van der Waals surface area (Å²) in [7, 11) is 1.55. The molecule has 1 aliphatic rings. The second-order valence-electron chi connectivity index (χ2n) is 20.7. The number of halogens is 2. The summed E-state index contributed by atoms with van der Waals surface area (Å²) in [6.07, 6.45) is 7.89. The summed E-state index contributed by atoms with van der Waals surface area (Å²) < 4.78 is 78.1. The van der Waals surface area contributed by atoms with Crippen molar-refractivity contribution in [3.8, 4) is 0 Å². The Morgan fingerprint density at radius 3 is 2.11 bits per heavy atom. The lowest BCUT2D eigenvalue weighted by atomic mass is 9.98. The molecule has 7 rings (SSSR count). The molecule has 0 unspecified atom stereocenters. The lowest BCUT2D eigenvalue weighted by Crippen LogP contribution is -2.40. The average molecular weight is 1320 g/mol. The molecule has 3 aromatic heterocycles. The van der Waals surface area contributed by atoms with Crippen LogP contribution in [0.3, 0.4) is 0 Å². The number of ether oxygens (including phenoxy) is 6. The van der Waals surface area contributed by atoms with Crippen molar-refractivity contribution in [1.29, 1.82) is 0 Å². The van der Waals surface area contributed by atoms with E-state index in [9.17, 15) is 32.0 Å². The maximum absolute atomic E-state index is 14.3. The molecule has 27 nitrogen and oxygen atoms in total. The molecule has 0 bridgehead atoms. The molecule has 1 saturated heterocycles. The number of fused-ring (bicyclic) bond motifs is 1. The van der Waals surface area contributed by atoms with Crippen LogP contribution in [-0.4, -0.2) is 210 Å². The van der Waals surface area contributed by atoms with Gasteiger partial charge in [-0.15, -0.1) is 0 Å². The summed E-state index contributed by atoms with van der Waals surface area (Å²) >= 11 is 3.33. The van der Waals surface area contributed by atoms with Crippen LogP contribution in [0, 0.1) is 19.7 Å². The number of primary amides is 1. The summed E-state index contributed by atoms with van der Waals surface area (Å²) in [4.78, 5) is 74.1. The number of aromatic nitrogens is 6. The first kappa shape index (κ1) is 68.8. The molecule has 0 saturated carbocycles. The van der Waals surface area contributed by atoms with Gasteiger partial charge < -0.3 is 70.5 Å². The number of nitrogens with two attached hydrogens (primary N) is 2. The Labute approximate surface area is 524 Å². The Kier molecular flexibility index (Phi) is 26.6. The van der Waals surface area contributed by atoms with Gasteiger partial charge in [-0.05, 0) is 109 Å². The van der Waals surface area contributed by atoms with Gasteiger partial charge in [0.2, 0.25) is 27.8 Å². The minimum absolute atomic E-state index is 0.0204. The van der Waals surface area contributed by atoms with Crippen LogP contribution in [0.1, 0.15) is 56.4 Å². The summed E-state index contributed by atoms with van der Waals surface area (Å²) in [6, 6.07) is 13.3. The molecular weight excluding hydrogens is 1240 g/mol. The third-order valence-corrected chi connectivity index (χ3v) is 16.2. The van der Waals surface area contributed by atoms with E-state index in [1.54, 1.807) is 52.9 Å². The maximum atomic E-state index is 14.3. The standard InChI is InChI=1S/C59H77BrFN15O12S/c1-39-40(2)47(18-13-41(39)35-50(78)73(3)4)70-58(80)53-52-54(62)65-38-66-57(52)76(72-53)43-9-7-21-75(37-43)49(77)12-8-20-74(5)22-24-84-26-28-86-30-32-88-34-33-87-31-29-85-27-25-83-23-19-67-89(81,82)44-16-14-42(15-17-44)68-59-64-36-45(60)56(71-59)69-48-11-6-10-46(61)51(48)55(63)79/h6,8,10-18,36,38,43,67H,7,9,19-35,37H2,1-5H3,(H2,63,79)(H,70,80)(H2,62,65,66)(H2,64,68,69,71)/b12-8+/t43-/m1/s1. The number of piperidine rings is 1. The molecule has 89 heavy (non-hydrogen) atoms. The monoisotopic (exact) mass is 1320 g/mol. The molecule has 0 radical (unpaired) electrons. The second kappa shape index (κ2) is 34.4. The van der Waals surface area contributed by atoms with Gasteiger partial charge in [-0.25, -0.2) is 37.2 Å². The predicted molar refractivity (Wildman–Crippen MR) is 335 cm³/mol. The van der Waals surface area contributed by atoms with Gasteiger partial charge in [0.15, 0.2) is 11.3 Å². The molecule has 30 heteroatoms. The molecule has 3 aromatic carbocycles. The van der Waals surface area contributed by atoms with Crippen LogP contribution in [0.25, 0.3) is 11.0 Å². The van der Waals surface area contributed by atoms with Crippen LogP contribution in [-0.2, 0) is 54.5 Å². The Bertz CT molecular complexity index is 3510. The highest BCUT2D eigenvalue weighted by molar-refractivity contribution is 9.10. The van der Waals surface area contributed by atoms with E-state index in [4.69, 9.17) is 45.0 Å². The first-order valence-corrected chi connectivity index (χ1v) is 31.0. The van der Waals surface area contributed by atoms with Crippen molar-refractivity contribution in [2.24, 2.45) is 5.73 Å². The van der Waals surface area contributed by atoms with Crippen LogP contribution in [0.4, 0.5) is 39.0 Å². The summed E-state index contributed by atoms with van der Waals surface area (Å²) in [6.45, 7) is 10.3. The Hall–Kier alpha value is -7.65. The Balaban J connectivity index is 0.669. The van der Waals surface area contributed by atoms with Gasteiger partial charge in [0.1, 0.15) is 23.8 Å². The number of nitrogens with one attached hydrogen (secondary N) is 4. The molecule has 8 N–H and O–H groups in total. The molecule has 4 amide bonds. The number of anilines is 6. The number of sulfonamides is 1. The molecular formula is C59H77BrFN15O12S. The van der Waals surface area contributed by atoms with Crippen LogP contribution >= 0.6 is 15.9 Å². The molecule has 0 spiro atoms. The van der Waals surface area contributed by atoms with Crippen molar-refractivity contribution < 1.29 is 60.4 Å². The van der Waals surface area contributed by atoms with Gasteiger partial charge in [0.25, 0.3) is 11.8 Å². The molecule has 1 aliphatic heterocycles. The number of hydrogen-bond acceptors (Lipinski definition) is 21. The van der Waals surface area contributed by atoms with Crippen LogP contribution < -0.4 is 32.1 Å². The number of likely N-dealkylation sites (tertiary alicyclic amines) is 1. The molecule has 1 atom stereocenters. The van der Waals surface area contributed by atoms with Gasteiger partial charge in [0.05, 0.1) is 118 Å². The number of nitrogens with zero attached hydrogens (tertiary/aromatic N) is 9. The fourth-order valence-electron chi connectivity index (χ4n) is 9.12. The van der Waals surface area contributed by atoms with E-state index < -0.39 is 27.7 Å². The smallest absolute Gasteiger partial charge is 0.277 e. The Morgan fingerprint density at radius 2 is 1.46 bits per heavy atom. The van der Waals surface area contributed by atoms with E-state index in [1.165, 1.54) is 36.8 Å². The fraction of sp³-hybridized carbons (Fsp3) is 0.441. The minimum atomic E-state index is -3.83. The summed E-state index contributed by atoms with van der Waals surface area (Å²) in [5.41, 5.74) is 15.7. The molecule has 4 heterocycles. The van der Waals surface area contributed by atoms with E-state index >= 15 is 0 Å². The number of nitrogen functional groups attached to an aromatic ring is 1. The number of rotatable bonds is 36. The topological polar surface area (TPSA) is 337 Å². The van der Waals surface area contributed by atoms with Crippen molar-refractivity contribution in [3.05, 3.63) is 118 Å². The van der Waals surface area contributed by atoms with Gasteiger partial charge in [-0.3, -0.25) is 19.2 Å². The van der Waals surface area contributed by atoms with Crippen molar-refractivity contribution in [3.63, 3.8) is 0 Å². The SMILES string of the molecule is Cc1c(CC(=O)N(C)C)ccc(NC(=O)c2nn([C@@H]3CCCN(C(=O)/C=C/CN(C)CCOCCOCCOCCOCCOCCOCCNS(=O)(=O)c4ccc(Nc5ncc(Br)c(Nc6cccc(F)c6C(N)=O)n5)cc4)C3)c3ncnc(N)c23)c1C. The van der Waals surface area contributed by atoms with E-state index in [0.717, 1.165) is 29.2 Å². The first-order chi connectivity index (χ1) is 42.8. The predicted octanol–water partition coefficient (Wildman–Crippen LogP) is 4.92. The van der Waals surface area contributed by atoms with Gasteiger partial charge >= 0.3 is 0 Å². The highest BCUT2D eigenvalue weighted by atomic mass is 79.9. The van der Waals surface area contributed by atoms with Crippen molar-refractivity contribution in [2.45, 2.75) is 44.0 Å². The van der Waals surface area contributed by atoms with Crippen LogP contribution in [0.5, 0.6) is 0 Å². The number of benzene rings is 3.